The Balaban J connectivity index is 3.11. The molecule has 1 rings (SSSR count). The molecule has 0 aliphatic heterocycles. The van der Waals surface area contributed by atoms with Crippen molar-refractivity contribution in [2.24, 2.45) is 5.73 Å². The van der Waals surface area contributed by atoms with Crippen molar-refractivity contribution in [3.63, 3.8) is 0 Å². The van der Waals surface area contributed by atoms with Crippen LogP contribution in [0.5, 0.6) is 0 Å². The van der Waals surface area contributed by atoms with E-state index in [2.05, 4.69) is 0 Å². The lowest BCUT2D eigenvalue weighted by molar-refractivity contribution is -0.123. The van der Waals surface area contributed by atoms with Gasteiger partial charge in [0.1, 0.15) is 0 Å². The fraction of sp³-hybridized carbons (Fsp3) is 0.364. The second kappa shape index (κ2) is 3.60. The van der Waals surface area contributed by atoms with Crippen LogP contribution in [0.15, 0.2) is 30.3 Å². The lowest BCUT2D eigenvalue weighted by Crippen LogP contribution is -2.37. The third-order valence-electron chi connectivity index (χ3n) is 2.66. The first-order valence-corrected chi connectivity index (χ1v) is 4.46. The average molecular weight is 177 g/mol. The highest BCUT2D eigenvalue weighted by atomic mass is 16.1. The van der Waals surface area contributed by atoms with Crippen molar-refractivity contribution < 1.29 is 4.79 Å². The van der Waals surface area contributed by atoms with Crippen LogP contribution in [-0.2, 0) is 10.2 Å². The van der Waals surface area contributed by atoms with Gasteiger partial charge >= 0.3 is 0 Å². The molecule has 13 heavy (non-hydrogen) atoms. The SMILES string of the molecule is CCC(C)(C(N)=O)c1ccccc1. The van der Waals surface area contributed by atoms with Crippen LogP contribution in [0.1, 0.15) is 25.8 Å². The molecule has 70 valence electrons. The number of benzene rings is 1. The summed E-state index contributed by atoms with van der Waals surface area (Å²) < 4.78 is 0. The monoisotopic (exact) mass is 177 g/mol. The predicted molar refractivity (Wildman–Crippen MR) is 53.3 cm³/mol. The van der Waals surface area contributed by atoms with Crippen LogP contribution < -0.4 is 5.73 Å². The number of primary amides is 1. The number of carbonyl (C=O) groups excluding carboxylic acids is 1. The second-order valence-electron chi connectivity index (χ2n) is 3.42. The lowest BCUT2D eigenvalue weighted by atomic mass is 9.79. The summed E-state index contributed by atoms with van der Waals surface area (Å²) in [5.74, 6) is -0.263. The Bertz CT molecular complexity index is 294. The van der Waals surface area contributed by atoms with Crippen LogP contribution in [0.4, 0.5) is 0 Å². The van der Waals surface area contributed by atoms with Crippen molar-refractivity contribution in [1.29, 1.82) is 0 Å². The van der Waals surface area contributed by atoms with E-state index in [-0.39, 0.29) is 5.91 Å². The minimum absolute atomic E-state index is 0.263. The largest absolute Gasteiger partial charge is 0.369 e. The molecule has 0 spiro atoms. The summed E-state index contributed by atoms with van der Waals surface area (Å²) in [7, 11) is 0. The molecule has 0 heterocycles. The van der Waals surface area contributed by atoms with Gasteiger partial charge in [-0.1, -0.05) is 37.3 Å². The van der Waals surface area contributed by atoms with Gasteiger partial charge in [-0.2, -0.15) is 0 Å². The van der Waals surface area contributed by atoms with E-state index < -0.39 is 5.41 Å². The molecule has 2 N–H and O–H groups in total. The van der Waals surface area contributed by atoms with Crippen LogP contribution in [0.2, 0.25) is 0 Å². The Morgan fingerprint density at radius 3 is 2.31 bits per heavy atom. The van der Waals surface area contributed by atoms with Gasteiger partial charge in [0.2, 0.25) is 5.91 Å². The van der Waals surface area contributed by atoms with E-state index in [1.165, 1.54) is 0 Å². The molecule has 0 aliphatic carbocycles. The Morgan fingerprint density at radius 1 is 1.38 bits per heavy atom. The van der Waals surface area contributed by atoms with E-state index in [1.54, 1.807) is 0 Å². The molecule has 1 amide bonds. The van der Waals surface area contributed by atoms with Gasteiger partial charge < -0.3 is 5.73 Å². The van der Waals surface area contributed by atoms with E-state index >= 15 is 0 Å². The highest BCUT2D eigenvalue weighted by Gasteiger charge is 2.30. The molecule has 2 heteroatoms. The zero-order valence-electron chi connectivity index (χ0n) is 8.08. The molecule has 1 unspecified atom stereocenters. The maximum absolute atomic E-state index is 11.3. The molecule has 1 aromatic carbocycles. The zero-order chi connectivity index (χ0) is 9.90. The number of hydrogen-bond donors (Lipinski definition) is 1. The highest BCUT2D eigenvalue weighted by molar-refractivity contribution is 5.86. The van der Waals surface area contributed by atoms with Crippen molar-refractivity contribution >= 4 is 5.91 Å². The van der Waals surface area contributed by atoms with Gasteiger partial charge in [0.25, 0.3) is 0 Å². The zero-order valence-corrected chi connectivity index (χ0v) is 8.08. The summed E-state index contributed by atoms with van der Waals surface area (Å²) >= 11 is 0. The molecule has 0 bridgehead atoms. The van der Waals surface area contributed by atoms with E-state index in [9.17, 15) is 4.79 Å². The predicted octanol–water partition coefficient (Wildman–Crippen LogP) is 1.84. The Labute approximate surface area is 78.8 Å². The van der Waals surface area contributed by atoms with Gasteiger partial charge in [0, 0.05) is 0 Å². The third-order valence-corrected chi connectivity index (χ3v) is 2.66. The van der Waals surface area contributed by atoms with Crippen LogP contribution in [-0.4, -0.2) is 5.91 Å². The normalized spacial score (nSPS) is 14.9. The van der Waals surface area contributed by atoms with Crippen molar-refractivity contribution in [3.05, 3.63) is 35.9 Å². The van der Waals surface area contributed by atoms with Gasteiger partial charge in [0.15, 0.2) is 0 Å². The van der Waals surface area contributed by atoms with Gasteiger partial charge in [-0.15, -0.1) is 0 Å². The van der Waals surface area contributed by atoms with E-state index in [0.717, 1.165) is 12.0 Å². The average Bonchev–Trinajstić information content (AvgIpc) is 2.17. The second-order valence-corrected chi connectivity index (χ2v) is 3.42. The fourth-order valence-electron chi connectivity index (χ4n) is 1.33. The topological polar surface area (TPSA) is 43.1 Å². The quantitative estimate of drug-likeness (QED) is 0.752. The third kappa shape index (κ3) is 1.72. The van der Waals surface area contributed by atoms with Crippen LogP contribution >= 0.6 is 0 Å². The first kappa shape index (κ1) is 9.78. The Morgan fingerprint density at radius 2 is 1.92 bits per heavy atom. The fourth-order valence-corrected chi connectivity index (χ4v) is 1.33. The number of carbonyl (C=O) groups is 1. The molecule has 1 atom stereocenters. The lowest BCUT2D eigenvalue weighted by Gasteiger charge is -2.24. The summed E-state index contributed by atoms with van der Waals surface area (Å²) in [4.78, 5) is 11.3. The minimum Gasteiger partial charge on any atom is -0.369 e. The Kier molecular flexibility index (Phi) is 2.71. The van der Waals surface area contributed by atoms with Crippen molar-refractivity contribution in [3.8, 4) is 0 Å². The highest BCUT2D eigenvalue weighted by Crippen LogP contribution is 2.26. The Hall–Kier alpha value is -1.31. The molecule has 0 aromatic heterocycles. The summed E-state index contributed by atoms with van der Waals surface area (Å²) in [6.45, 7) is 3.85. The molecular weight excluding hydrogens is 162 g/mol. The maximum atomic E-state index is 11.3. The summed E-state index contributed by atoms with van der Waals surface area (Å²) in [6.07, 6.45) is 0.729. The van der Waals surface area contributed by atoms with Crippen molar-refractivity contribution in [2.75, 3.05) is 0 Å². The molecule has 2 nitrogen and oxygen atoms in total. The molecular formula is C11H15NO. The van der Waals surface area contributed by atoms with Gasteiger partial charge in [-0.05, 0) is 18.9 Å². The van der Waals surface area contributed by atoms with Crippen LogP contribution in [0, 0.1) is 0 Å². The first-order chi connectivity index (χ1) is 6.11. The van der Waals surface area contributed by atoms with Crippen molar-refractivity contribution in [2.45, 2.75) is 25.7 Å². The van der Waals surface area contributed by atoms with E-state index in [4.69, 9.17) is 5.73 Å². The molecule has 0 radical (unpaired) electrons. The van der Waals surface area contributed by atoms with Crippen molar-refractivity contribution in [1.82, 2.24) is 0 Å². The summed E-state index contributed by atoms with van der Waals surface area (Å²) in [5.41, 5.74) is 5.84. The molecule has 0 saturated heterocycles. The molecule has 0 saturated carbocycles. The first-order valence-electron chi connectivity index (χ1n) is 4.46. The van der Waals surface area contributed by atoms with Crippen LogP contribution in [0.3, 0.4) is 0 Å². The molecule has 0 aliphatic rings. The minimum atomic E-state index is -0.527. The summed E-state index contributed by atoms with van der Waals surface area (Å²) in [5, 5.41) is 0. The van der Waals surface area contributed by atoms with Gasteiger partial charge in [0.05, 0.1) is 5.41 Å². The standard InChI is InChI=1S/C11H15NO/c1-3-11(2,10(12)13)9-7-5-4-6-8-9/h4-8H,3H2,1-2H3,(H2,12,13). The van der Waals surface area contributed by atoms with E-state index in [1.807, 2.05) is 44.2 Å². The van der Waals surface area contributed by atoms with Crippen LogP contribution in [0.25, 0.3) is 0 Å². The van der Waals surface area contributed by atoms with Gasteiger partial charge in [-0.3, -0.25) is 4.79 Å². The number of hydrogen-bond acceptors (Lipinski definition) is 1. The summed E-state index contributed by atoms with van der Waals surface area (Å²) in [6, 6.07) is 9.65. The van der Waals surface area contributed by atoms with E-state index in [0.29, 0.717) is 0 Å². The smallest absolute Gasteiger partial charge is 0.227 e. The maximum Gasteiger partial charge on any atom is 0.227 e. The number of rotatable bonds is 3. The number of amides is 1. The molecule has 1 aromatic rings. The van der Waals surface area contributed by atoms with Gasteiger partial charge in [-0.25, -0.2) is 0 Å². The molecule has 0 fully saturated rings. The number of nitrogens with two attached hydrogens (primary N) is 1.